The maximum absolute atomic E-state index is 12.2. The quantitative estimate of drug-likeness (QED) is 0.878. The van der Waals surface area contributed by atoms with Gasteiger partial charge in [0.25, 0.3) is 0 Å². The Morgan fingerprint density at radius 1 is 1.30 bits per heavy atom. The lowest BCUT2D eigenvalue weighted by atomic mass is 10.0. The number of aryl methyl sites for hydroxylation is 1. The van der Waals surface area contributed by atoms with Crippen molar-refractivity contribution in [2.45, 2.75) is 19.4 Å². The minimum atomic E-state index is 0.266. The van der Waals surface area contributed by atoms with E-state index in [1.165, 1.54) is 5.56 Å². The van der Waals surface area contributed by atoms with Crippen molar-refractivity contribution < 1.29 is 4.79 Å². The summed E-state index contributed by atoms with van der Waals surface area (Å²) in [5.74, 6) is 0.266. The molecule has 0 atom stereocenters. The van der Waals surface area contributed by atoms with E-state index in [1.54, 1.807) is 0 Å². The Balaban J connectivity index is 1.48. The Morgan fingerprint density at radius 2 is 2.05 bits per heavy atom. The van der Waals surface area contributed by atoms with E-state index >= 15 is 0 Å². The average molecular weight is 273 g/mol. The van der Waals surface area contributed by atoms with Crippen LogP contribution in [0.4, 0.5) is 0 Å². The summed E-state index contributed by atoms with van der Waals surface area (Å²) in [4.78, 5) is 16.7. The van der Waals surface area contributed by atoms with Crippen LogP contribution in [-0.2, 0) is 11.2 Å². The van der Waals surface area contributed by atoms with Crippen molar-refractivity contribution in [3.8, 4) is 0 Å². The van der Waals surface area contributed by atoms with E-state index in [1.807, 2.05) is 17.0 Å². The molecule has 0 spiro atoms. The SMILES string of the molecule is Cc1cccc(CC(=O)N2CC(N3CCNCC3)C2)c1. The second kappa shape index (κ2) is 5.94. The zero-order valence-electron chi connectivity index (χ0n) is 12.1. The standard InChI is InChI=1S/C16H23N3O/c1-13-3-2-4-14(9-13)10-16(20)19-11-15(12-19)18-7-5-17-6-8-18/h2-4,9,15,17H,5-8,10-12H2,1H3. The Hall–Kier alpha value is -1.39. The van der Waals surface area contributed by atoms with Crippen LogP contribution in [-0.4, -0.2) is 61.0 Å². The van der Waals surface area contributed by atoms with Gasteiger partial charge in [-0.05, 0) is 12.5 Å². The molecule has 1 N–H and O–H groups in total. The molecule has 0 saturated carbocycles. The minimum absolute atomic E-state index is 0.266. The lowest BCUT2D eigenvalue weighted by Gasteiger charge is -2.46. The van der Waals surface area contributed by atoms with Crippen LogP contribution in [0.1, 0.15) is 11.1 Å². The molecule has 2 heterocycles. The summed E-state index contributed by atoms with van der Waals surface area (Å²) in [6.07, 6.45) is 0.538. The highest BCUT2D eigenvalue weighted by Gasteiger charge is 2.34. The first-order valence-electron chi connectivity index (χ1n) is 7.50. The van der Waals surface area contributed by atoms with Crippen LogP contribution < -0.4 is 5.32 Å². The molecular weight excluding hydrogens is 250 g/mol. The molecule has 2 aliphatic heterocycles. The van der Waals surface area contributed by atoms with Crippen molar-refractivity contribution in [1.29, 1.82) is 0 Å². The van der Waals surface area contributed by atoms with Gasteiger partial charge in [-0.25, -0.2) is 0 Å². The topological polar surface area (TPSA) is 35.6 Å². The van der Waals surface area contributed by atoms with Crippen LogP contribution in [0, 0.1) is 6.92 Å². The van der Waals surface area contributed by atoms with Gasteiger partial charge in [0.05, 0.1) is 6.42 Å². The highest BCUT2D eigenvalue weighted by Crippen LogP contribution is 2.17. The van der Waals surface area contributed by atoms with E-state index in [-0.39, 0.29) is 5.91 Å². The molecule has 1 aromatic rings. The third kappa shape index (κ3) is 3.02. The first-order valence-corrected chi connectivity index (χ1v) is 7.50. The maximum atomic E-state index is 12.2. The van der Waals surface area contributed by atoms with Gasteiger partial charge in [0.2, 0.25) is 5.91 Å². The predicted molar refractivity (Wildman–Crippen MR) is 79.7 cm³/mol. The number of likely N-dealkylation sites (tertiary alicyclic amines) is 1. The van der Waals surface area contributed by atoms with Crippen molar-refractivity contribution in [1.82, 2.24) is 15.1 Å². The summed E-state index contributed by atoms with van der Waals surface area (Å²) in [6.45, 7) is 8.27. The number of carbonyl (C=O) groups is 1. The van der Waals surface area contributed by atoms with E-state index in [4.69, 9.17) is 0 Å². The van der Waals surface area contributed by atoms with Gasteiger partial charge in [-0.2, -0.15) is 0 Å². The summed E-state index contributed by atoms with van der Waals surface area (Å²) in [5, 5.41) is 3.37. The van der Waals surface area contributed by atoms with Crippen molar-refractivity contribution in [2.24, 2.45) is 0 Å². The van der Waals surface area contributed by atoms with Crippen LogP contribution >= 0.6 is 0 Å². The number of nitrogens with zero attached hydrogens (tertiary/aromatic N) is 2. The second-order valence-electron chi connectivity index (χ2n) is 5.90. The van der Waals surface area contributed by atoms with Crippen LogP contribution in [0.25, 0.3) is 0 Å². The molecule has 0 unspecified atom stereocenters. The van der Waals surface area contributed by atoms with E-state index in [2.05, 4.69) is 29.3 Å². The lowest BCUT2D eigenvalue weighted by molar-refractivity contribution is -0.138. The highest BCUT2D eigenvalue weighted by molar-refractivity contribution is 5.79. The minimum Gasteiger partial charge on any atom is -0.339 e. The number of benzene rings is 1. The van der Waals surface area contributed by atoms with Gasteiger partial charge >= 0.3 is 0 Å². The van der Waals surface area contributed by atoms with Gasteiger partial charge in [0.1, 0.15) is 0 Å². The maximum Gasteiger partial charge on any atom is 0.227 e. The summed E-state index contributed by atoms with van der Waals surface area (Å²) in [5.41, 5.74) is 2.35. The molecule has 4 nitrogen and oxygen atoms in total. The number of piperazine rings is 1. The third-order valence-corrected chi connectivity index (χ3v) is 4.32. The molecule has 2 fully saturated rings. The molecule has 20 heavy (non-hydrogen) atoms. The predicted octanol–water partition coefficient (Wildman–Crippen LogP) is 0.654. The molecule has 0 aliphatic carbocycles. The number of amides is 1. The first-order chi connectivity index (χ1) is 9.72. The Kier molecular flexibility index (Phi) is 4.03. The van der Waals surface area contributed by atoms with Gasteiger partial charge < -0.3 is 10.2 Å². The van der Waals surface area contributed by atoms with Gasteiger partial charge in [0, 0.05) is 45.3 Å². The van der Waals surface area contributed by atoms with E-state index in [9.17, 15) is 4.79 Å². The number of nitrogens with one attached hydrogen (secondary N) is 1. The largest absolute Gasteiger partial charge is 0.339 e. The van der Waals surface area contributed by atoms with Gasteiger partial charge in [0.15, 0.2) is 0 Å². The third-order valence-electron chi connectivity index (χ3n) is 4.32. The Bertz CT molecular complexity index is 476. The number of hydrogen-bond acceptors (Lipinski definition) is 3. The molecule has 2 aliphatic rings. The molecule has 1 amide bonds. The fourth-order valence-corrected chi connectivity index (χ4v) is 3.05. The van der Waals surface area contributed by atoms with Gasteiger partial charge in [-0.15, -0.1) is 0 Å². The van der Waals surface area contributed by atoms with Crippen LogP contribution in [0.15, 0.2) is 24.3 Å². The normalized spacial score (nSPS) is 20.8. The molecular formula is C16H23N3O. The van der Waals surface area contributed by atoms with E-state index < -0.39 is 0 Å². The van der Waals surface area contributed by atoms with Crippen LogP contribution in [0.3, 0.4) is 0 Å². The smallest absolute Gasteiger partial charge is 0.227 e. The monoisotopic (exact) mass is 273 g/mol. The molecule has 4 heteroatoms. The summed E-state index contributed by atoms with van der Waals surface area (Å²) in [7, 11) is 0. The summed E-state index contributed by atoms with van der Waals surface area (Å²) in [6, 6.07) is 8.82. The van der Waals surface area contributed by atoms with Crippen molar-refractivity contribution in [3.05, 3.63) is 35.4 Å². The van der Waals surface area contributed by atoms with Crippen molar-refractivity contribution in [3.63, 3.8) is 0 Å². The molecule has 2 saturated heterocycles. The molecule has 108 valence electrons. The average Bonchev–Trinajstić information content (AvgIpc) is 2.38. The second-order valence-corrected chi connectivity index (χ2v) is 5.90. The molecule has 0 aromatic heterocycles. The van der Waals surface area contributed by atoms with Crippen molar-refractivity contribution >= 4 is 5.91 Å². The Labute approximate surface area is 120 Å². The first kappa shape index (κ1) is 13.6. The van der Waals surface area contributed by atoms with Crippen LogP contribution in [0.5, 0.6) is 0 Å². The van der Waals surface area contributed by atoms with Gasteiger partial charge in [-0.3, -0.25) is 9.69 Å². The number of hydrogen-bond donors (Lipinski definition) is 1. The zero-order chi connectivity index (χ0) is 13.9. The van der Waals surface area contributed by atoms with Gasteiger partial charge in [-0.1, -0.05) is 29.8 Å². The van der Waals surface area contributed by atoms with E-state index in [0.717, 1.165) is 44.8 Å². The molecule has 3 rings (SSSR count). The zero-order valence-corrected chi connectivity index (χ0v) is 12.1. The summed E-state index contributed by atoms with van der Waals surface area (Å²) >= 11 is 0. The van der Waals surface area contributed by atoms with Crippen molar-refractivity contribution in [2.75, 3.05) is 39.3 Å². The number of carbonyl (C=O) groups excluding carboxylic acids is 1. The van der Waals surface area contributed by atoms with E-state index in [0.29, 0.717) is 12.5 Å². The highest BCUT2D eigenvalue weighted by atomic mass is 16.2. The molecule has 0 radical (unpaired) electrons. The summed E-state index contributed by atoms with van der Waals surface area (Å²) < 4.78 is 0. The number of rotatable bonds is 3. The fraction of sp³-hybridized carbons (Fsp3) is 0.562. The lowest BCUT2D eigenvalue weighted by Crippen LogP contribution is -2.64. The fourth-order valence-electron chi connectivity index (χ4n) is 3.05. The molecule has 1 aromatic carbocycles. The molecule has 0 bridgehead atoms. The van der Waals surface area contributed by atoms with Crippen LogP contribution in [0.2, 0.25) is 0 Å². The Morgan fingerprint density at radius 3 is 2.75 bits per heavy atom.